The Balaban J connectivity index is 1.66. The first-order valence-electron chi connectivity index (χ1n) is 7.53. The van der Waals surface area contributed by atoms with Crippen LogP contribution in [0.15, 0.2) is 60.9 Å². The second-order valence-electron chi connectivity index (χ2n) is 5.30. The van der Waals surface area contributed by atoms with Crippen molar-refractivity contribution >= 4 is 19.7 Å². The predicted molar refractivity (Wildman–Crippen MR) is 93.3 cm³/mol. The Morgan fingerprint density at radius 2 is 1.92 bits per heavy atom. The van der Waals surface area contributed by atoms with Crippen molar-refractivity contribution in [2.24, 2.45) is 0 Å². The topological polar surface area (TPSA) is 82.7 Å². The molecule has 0 spiro atoms. The molecule has 2 aromatic heterocycles. The van der Waals surface area contributed by atoms with Crippen molar-refractivity contribution in [2.75, 3.05) is 5.32 Å². The second kappa shape index (κ2) is 7.56. The number of carbonyl (C=O) groups excluding carboxylic acids is 1. The molecule has 0 fully saturated rings. The van der Waals surface area contributed by atoms with Gasteiger partial charge >= 0.3 is 0 Å². The summed E-state index contributed by atoms with van der Waals surface area (Å²) in [6, 6.07) is 14.6. The van der Waals surface area contributed by atoms with Crippen molar-refractivity contribution < 1.29 is 4.79 Å². The predicted octanol–water partition coefficient (Wildman–Crippen LogP) is 1.69. The Morgan fingerprint density at radius 1 is 1.17 bits per heavy atom. The fourth-order valence-electron chi connectivity index (χ4n) is 2.36. The first-order chi connectivity index (χ1) is 11.8. The molecule has 3 aromatic rings. The van der Waals surface area contributed by atoms with Gasteiger partial charge in [-0.1, -0.05) is 30.3 Å². The largest absolute Gasteiger partial charge is 0.356 e. The van der Waals surface area contributed by atoms with E-state index in [1.165, 1.54) is 0 Å². The molecule has 0 bridgehead atoms. The molecule has 2 heterocycles. The zero-order valence-corrected chi connectivity index (χ0v) is 12.9. The van der Waals surface area contributed by atoms with Crippen LogP contribution in [0.1, 0.15) is 5.56 Å². The van der Waals surface area contributed by atoms with Crippen molar-refractivity contribution in [1.82, 2.24) is 20.4 Å². The molecule has 2 radical (unpaired) electrons. The Morgan fingerprint density at radius 3 is 2.62 bits per heavy atom. The van der Waals surface area contributed by atoms with E-state index in [0.717, 1.165) is 16.8 Å². The average molecular weight is 317 g/mol. The van der Waals surface area contributed by atoms with Gasteiger partial charge in [-0.05, 0) is 24.1 Å². The maximum atomic E-state index is 12.4. The van der Waals surface area contributed by atoms with Crippen molar-refractivity contribution in [3.63, 3.8) is 0 Å². The molecule has 0 saturated heterocycles. The highest BCUT2D eigenvalue weighted by Crippen LogP contribution is 2.18. The number of pyridine rings is 1. The van der Waals surface area contributed by atoms with E-state index in [1.54, 1.807) is 18.5 Å². The molecule has 1 atom stereocenters. The molecule has 0 aliphatic heterocycles. The van der Waals surface area contributed by atoms with Gasteiger partial charge in [-0.3, -0.25) is 14.9 Å². The summed E-state index contributed by atoms with van der Waals surface area (Å²) in [7, 11) is 5.53. The van der Waals surface area contributed by atoms with Crippen LogP contribution in [0.25, 0.3) is 11.3 Å². The molecular formula is C17H16BN5O. The van der Waals surface area contributed by atoms with Gasteiger partial charge in [0.2, 0.25) is 5.91 Å². The van der Waals surface area contributed by atoms with Gasteiger partial charge in [-0.15, -0.1) is 0 Å². The fourth-order valence-corrected chi connectivity index (χ4v) is 2.36. The SMILES string of the molecule is [B]N[C@@H](Cc1ccccc1)C(=O)Nc1cc(-c2ccncc2)[nH]n1. The first kappa shape index (κ1) is 16.0. The number of amides is 1. The molecule has 24 heavy (non-hydrogen) atoms. The zero-order chi connectivity index (χ0) is 16.8. The number of benzene rings is 1. The highest BCUT2D eigenvalue weighted by Gasteiger charge is 2.17. The molecule has 1 amide bonds. The Hall–Kier alpha value is -2.93. The second-order valence-corrected chi connectivity index (χ2v) is 5.30. The number of aromatic amines is 1. The number of nitrogens with one attached hydrogen (secondary N) is 3. The van der Waals surface area contributed by atoms with Crippen LogP contribution >= 0.6 is 0 Å². The van der Waals surface area contributed by atoms with Gasteiger partial charge in [0.1, 0.15) is 0 Å². The Kier molecular flexibility index (Phi) is 5.03. The van der Waals surface area contributed by atoms with Gasteiger partial charge in [0.15, 0.2) is 13.8 Å². The lowest BCUT2D eigenvalue weighted by Crippen LogP contribution is -2.40. The molecule has 0 saturated carbocycles. The van der Waals surface area contributed by atoms with Crippen molar-refractivity contribution in [3.05, 3.63) is 66.5 Å². The van der Waals surface area contributed by atoms with E-state index in [4.69, 9.17) is 7.98 Å². The minimum Gasteiger partial charge on any atom is -0.356 e. The molecule has 7 heteroatoms. The van der Waals surface area contributed by atoms with Gasteiger partial charge in [0.25, 0.3) is 0 Å². The summed E-state index contributed by atoms with van der Waals surface area (Å²) in [4.78, 5) is 16.4. The molecule has 0 aliphatic rings. The normalized spacial score (nSPS) is 11.8. The van der Waals surface area contributed by atoms with Gasteiger partial charge in [-0.2, -0.15) is 5.10 Å². The number of aromatic nitrogens is 3. The van der Waals surface area contributed by atoms with E-state index >= 15 is 0 Å². The zero-order valence-electron chi connectivity index (χ0n) is 12.9. The van der Waals surface area contributed by atoms with Crippen LogP contribution in [-0.2, 0) is 11.2 Å². The minimum absolute atomic E-state index is 0.242. The maximum absolute atomic E-state index is 12.4. The summed E-state index contributed by atoms with van der Waals surface area (Å²) in [5.74, 6) is 0.203. The third-order valence-corrected chi connectivity index (χ3v) is 3.62. The highest BCUT2D eigenvalue weighted by atomic mass is 16.2. The summed E-state index contributed by atoms with van der Waals surface area (Å²) < 4.78 is 0. The van der Waals surface area contributed by atoms with Crippen molar-refractivity contribution in [3.8, 4) is 11.3 Å². The molecule has 118 valence electrons. The Bertz CT molecular complexity index is 791. The molecule has 0 unspecified atom stereocenters. The number of hydrogen-bond donors (Lipinski definition) is 3. The molecule has 3 rings (SSSR count). The average Bonchev–Trinajstić information content (AvgIpc) is 3.09. The van der Waals surface area contributed by atoms with Crippen LogP contribution < -0.4 is 10.5 Å². The number of nitrogens with zero attached hydrogens (tertiary/aromatic N) is 2. The van der Waals surface area contributed by atoms with Gasteiger partial charge in [-0.25, -0.2) is 0 Å². The standard InChI is InChI=1S/C17H16BN5O/c18-21-15(10-12-4-2-1-3-5-12)17(24)20-16-11-14(22-23-16)13-6-8-19-9-7-13/h1-9,11,15,21H,10H2,(H2,20,22,23,24)/t15-/m0/s1. The van der Waals surface area contributed by atoms with Gasteiger partial charge in [0, 0.05) is 24.0 Å². The Labute approximate surface area is 141 Å². The summed E-state index contributed by atoms with van der Waals surface area (Å²) in [6.45, 7) is 0. The van der Waals surface area contributed by atoms with Crippen LogP contribution in [0, 0.1) is 0 Å². The summed E-state index contributed by atoms with van der Waals surface area (Å²) >= 11 is 0. The molecule has 3 N–H and O–H groups in total. The third kappa shape index (κ3) is 3.88. The van der Waals surface area contributed by atoms with E-state index in [9.17, 15) is 4.79 Å². The molecule has 1 aromatic carbocycles. The smallest absolute Gasteiger partial charge is 0.242 e. The molecule has 6 nitrogen and oxygen atoms in total. The highest BCUT2D eigenvalue weighted by molar-refractivity contribution is 6.08. The number of carbonyl (C=O) groups is 1. The molecular weight excluding hydrogens is 301 g/mol. The fraction of sp³-hybridized carbons (Fsp3) is 0.118. The van der Waals surface area contributed by atoms with Crippen molar-refractivity contribution in [1.29, 1.82) is 0 Å². The quantitative estimate of drug-likeness (QED) is 0.604. The lowest BCUT2D eigenvalue weighted by atomic mass is 10.0. The van der Waals surface area contributed by atoms with Crippen LogP contribution in [0.3, 0.4) is 0 Å². The number of rotatable bonds is 6. The molecule has 0 aliphatic carbocycles. The maximum Gasteiger partial charge on any atom is 0.242 e. The van der Waals surface area contributed by atoms with Crippen LogP contribution in [-0.4, -0.2) is 35.1 Å². The van der Waals surface area contributed by atoms with Crippen LogP contribution in [0.4, 0.5) is 5.82 Å². The third-order valence-electron chi connectivity index (χ3n) is 3.62. The van der Waals surface area contributed by atoms with E-state index in [1.807, 2.05) is 42.5 Å². The minimum atomic E-state index is -0.548. The van der Waals surface area contributed by atoms with Crippen LogP contribution in [0.5, 0.6) is 0 Å². The van der Waals surface area contributed by atoms with Gasteiger partial charge < -0.3 is 10.5 Å². The number of H-pyrrole nitrogens is 1. The summed E-state index contributed by atoms with van der Waals surface area (Å²) in [5.41, 5.74) is 2.76. The monoisotopic (exact) mass is 317 g/mol. The van der Waals surface area contributed by atoms with Gasteiger partial charge in [0.05, 0.1) is 11.7 Å². The lowest BCUT2D eigenvalue weighted by Gasteiger charge is -2.15. The summed E-state index contributed by atoms with van der Waals surface area (Å²) in [5, 5.41) is 12.3. The van der Waals surface area contributed by atoms with E-state index in [2.05, 4.69) is 25.7 Å². The van der Waals surface area contributed by atoms with Crippen molar-refractivity contribution in [2.45, 2.75) is 12.5 Å². The lowest BCUT2D eigenvalue weighted by molar-refractivity contribution is -0.117. The van der Waals surface area contributed by atoms with E-state index < -0.39 is 6.04 Å². The number of anilines is 1. The first-order valence-corrected chi connectivity index (χ1v) is 7.53. The van der Waals surface area contributed by atoms with E-state index in [0.29, 0.717) is 12.2 Å². The summed E-state index contributed by atoms with van der Waals surface area (Å²) in [6.07, 6.45) is 3.89. The van der Waals surface area contributed by atoms with Crippen LogP contribution in [0.2, 0.25) is 0 Å². The number of hydrogen-bond acceptors (Lipinski definition) is 4. The van der Waals surface area contributed by atoms with E-state index in [-0.39, 0.29) is 5.91 Å².